The highest BCUT2D eigenvalue weighted by Crippen LogP contribution is 2.11. The maximum Gasteiger partial charge on any atom is 0.133 e. The van der Waals surface area contributed by atoms with Crippen molar-refractivity contribution in [2.24, 2.45) is 0 Å². The van der Waals surface area contributed by atoms with Gasteiger partial charge in [-0.3, -0.25) is 0 Å². The van der Waals surface area contributed by atoms with E-state index in [2.05, 4.69) is 12.2 Å². The Labute approximate surface area is 85.4 Å². The number of hydrogen-bond donors (Lipinski definition) is 1. The molecule has 1 heterocycles. The third-order valence-electron chi connectivity index (χ3n) is 2.08. The molecule has 80 valence electrons. The van der Waals surface area contributed by atoms with Crippen LogP contribution in [0.5, 0.6) is 0 Å². The molecule has 3 heteroatoms. The Morgan fingerprint density at radius 2 is 2.36 bits per heavy atom. The Hall–Kier alpha value is -0.800. The summed E-state index contributed by atoms with van der Waals surface area (Å²) in [5.74, 6) is 0.940. The molecule has 0 amide bonds. The predicted octanol–water partition coefficient (Wildman–Crippen LogP) is 2.32. The van der Waals surface area contributed by atoms with Crippen molar-refractivity contribution in [3.05, 3.63) is 23.7 Å². The van der Waals surface area contributed by atoms with Crippen molar-refractivity contribution in [2.45, 2.75) is 32.9 Å². The molecule has 14 heavy (non-hydrogen) atoms. The largest absolute Gasteiger partial charge is 0.467 e. The van der Waals surface area contributed by atoms with E-state index >= 15 is 0 Å². The van der Waals surface area contributed by atoms with Crippen LogP contribution in [0.1, 0.15) is 31.1 Å². The molecule has 3 nitrogen and oxygen atoms in total. The second kappa shape index (κ2) is 6.62. The van der Waals surface area contributed by atoms with E-state index in [9.17, 15) is 0 Å². The van der Waals surface area contributed by atoms with Gasteiger partial charge in [-0.15, -0.1) is 0 Å². The Morgan fingerprint density at radius 1 is 1.50 bits per heavy atom. The zero-order valence-corrected chi connectivity index (χ0v) is 9.01. The van der Waals surface area contributed by atoms with Crippen molar-refractivity contribution in [1.29, 1.82) is 0 Å². The zero-order valence-electron chi connectivity index (χ0n) is 9.01. The molecule has 0 radical (unpaired) electrons. The zero-order chi connectivity index (χ0) is 10.2. The molecular formula is C11H19NO2. The number of furan rings is 1. The SMILES string of the molecule is CCCCOCc1occc1CNC. The van der Waals surface area contributed by atoms with Gasteiger partial charge in [0.1, 0.15) is 12.4 Å². The highest BCUT2D eigenvalue weighted by atomic mass is 16.5. The number of hydrogen-bond acceptors (Lipinski definition) is 3. The maximum atomic E-state index is 5.48. The molecule has 0 bridgehead atoms. The second-order valence-electron chi connectivity index (χ2n) is 3.31. The van der Waals surface area contributed by atoms with Crippen LogP contribution >= 0.6 is 0 Å². The molecule has 1 N–H and O–H groups in total. The van der Waals surface area contributed by atoms with Gasteiger partial charge >= 0.3 is 0 Å². The van der Waals surface area contributed by atoms with Gasteiger partial charge < -0.3 is 14.5 Å². The molecule has 0 saturated carbocycles. The predicted molar refractivity (Wildman–Crippen MR) is 56.0 cm³/mol. The lowest BCUT2D eigenvalue weighted by Crippen LogP contribution is -2.06. The molecule has 0 aliphatic rings. The van der Waals surface area contributed by atoms with Crippen LogP contribution in [0.4, 0.5) is 0 Å². The molecule has 0 saturated heterocycles. The van der Waals surface area contributed by atoms with Crippen molar-refractivity contribution >= 4 is 0 Å². The summed E-state index contributed by atoms with van der Waals surface area (Å²) in [6.07, 6.45) is 3.99. The van der Waals surface area contributed by atoms with E-state index in [0.29, 0.717) is 6.61 Å². The molecule has 0 aliphatic heterocycles. The summed E-state index contributed by atoms with van der Waals surface area (Å²) in [7, 11) is 1.93. The molecule has 0 aliphatic carbocycles. The first-order valence-electron chi connectivity index (χ1n) is 5.16. The minimum atomic E-state index is 0.587. The lowest BCUT2D eigenvalue weighted by molar-refractivity contribution is 0.103. The van der Waals surface area contributed by atoms with Gasteiger partial charge in [-0.05, 0) is 19.5 Å². The number of ether oxygens (including phenoxy) is 1. The van der Waals surface area contributed by atoms with E-state index in [0.717, 1.165) is 25.3 Å². The Balaban J connectivity index is 2.30. The molecule has 0 unspecified atom stereocenters. The number of unbranched alkanes of at least 4 members (excludes halogenated alkanes) is 1. The van der Waals surface area contributed by atoms with Crippen molar-refractivity contribution in [1.82, 2.24) is 5.32 Å². The van der Waals surface area contributed by atoms with Gasteiger partial charge in [0.2, 0.25) is 0 Å². The summed E-state index contributed by atoms with van der Waals surface area (Å²) >= 11 is 0. The first kappa shape index (κ1) is 11.3. The van der Waals surface area contributed by atoms with Crippen molar-refractivity contribution in [2.75, 3.05) is 13.7 Å². The van der Waals surface area contributed by atoms with Gasteiger partial charge in [0.15, 0.2) is 0 Å². The monoisotopic (exact) mass is 197 g/mol. The van der Waals surface area contributed by atoms with E-state index in [-0.39, 0.29) is 0 Å². The summed E-state index contributed by atoms with van der Waals surface area (Å²) in [5, 5.41) is 3.10. The molecule has 1 aromatic heterocycles. The highest BCUT2D eigenvalue weighted by molar-refractivity contribution is 5.15. The lowest BCUT2D eigenvalue weighted by atomic mass is 10.2. The van der Waals surface area contributed by atoms with Crippen LogP contribution in [-0.2, 0) is 17.9 Å². The van der Waals surface area contributed by atoms with Crippen LogP contribution in [0.15, 0.2) is 16.7 Å². The highest BCUT2D eigenvalue weighted by Gasteiger charge is 2.04. The van der Waals surface area contributed by atoms with E-state index in [1.54, 1.807) is 6.26 Å². The molecular weight excluding hydrogens is 178 g/mol. The summed E-state index contributed by atoms with van der Waals surface area (Å²) in [6, 6.07) is 1.98. The number of rotatable bonds is 7. The van der Waals surface area contributed by atoms with Crippen LogP contribution in [0.3, 0.4) is 0 Å². The quantitative estimate of drug-likeness (QED) is 0.681. The fourth-order valence-electron chi connectivity index (χ4n) is 1.25. The van der Waals surface area contributed by atoms with Crippen LogP contribution in [-0.4, -0.2) is 13.7 Å². The summed E-state index contributed by atoms with van der Waals surface area (Å²) in [6.45, 7) is 4.39. The van der Waals surface area contributed by atoms with E-state index < -0.39 is 0 Å². The fraction of sp³-hybridized carbons (Fsp3) is 0.636. The summed E-state index contributed by atoms with van der Waals surface area (Å²) in [4.78, 5) is 0. The first-order chi connectivity index (χ1) is 6.88. The van der Waals surface area contributed by atoms with Crippen LogP contribution < -0.4 is 5.32 Å². The van der Waals surface area contributed by atoms with Gasteiger partial charge in [0.25, 0.3) is 0 Å². The maximum absolute atomic E-state index is 5.48. The molecule has 0 spiro atoms. The lowest BCUT2D eigenvalue weighted by Gasteiger charge is -2.03. The van der Waals surface area contributed by atoms with Gasteiger partial charge in [-0.2, -0.15) is 0 Å². The molecule has 0 aromatic carbocycles. The third-order valence-corrected chi connectivity index (χ3v) is 2.08. The van der Waals surface area contributed by atoms with Gasteiger partial charge in [-0.1, -0.05) is 13.3 Å². The average molecular weight is 197 g/mol. The van der Waals surface area contributed by atoms with Crippen LogP contribution in [0, 0.1) is 0 Å². The van der Waals surface area contributed by atoms with Crippen molar-refractivity contribution in [3.63, 3.8) is 0 Å². The normalized spacial score (nSPS) is 10.7. The Kier molecular flexibility index (Phi) is 5.33. The van der Waals surface area contributed by atoms with Gasteiger partial charge in [0.05, 0.1) is 6.26 Å². The topological polar surface area (TPSA) is 34.4 Å². The molecule has 1 rings (SSSR count). The average Bonchev–Trinajstić information content (AvgIpc) is 2.61. The molecule has 0 fully saturated rings. The minimum Gasteiger partial charge on any atom is -0.467 e. The molecule has 0 atom stereocenters. The smallest absolute Gasteiger partial charge is 0.133 e. The van der Waals surface area contributed by atoms with E-state index in [1.165, 1.54) is 12.0 Å². The minimum absolute atomic E-state index is 0.587. The Morgan fingerprint density at radius 3 is 3.07 bits per heavy atom. The van der Waals surface area contributed by atoms with Crippen LogP contribution in [0.25, 0.3) is 0 Å². The number of nitrogens with one attached hydrogen (secondary N) is 1. The van der Waals surface area contributed by atoms with Gasteiger partial charge in [-0.25, -0.2) is 0 Å². The summed E-state index contributed by atoms with van der Waals surface area (Å²) < 4.78 is 10.8. The first-order valence-corrected chi connectivity index (χ1v) is 5.16. The second-order valence-corrected chi connectivity index (χ2v) is 3.31. The Bertz CT molecular complexity index is 245. The van der Waals surface area contributed by atoms with Crippen molar-refractivity contribution in [3.8, 4) is 0 Å². The van der Waals surface area contributed by atoms with Crippen LogP contribution in [0.2, 0.25) is 0 Å². The summed E-state index contributed by atoms with van der Waals surface area (Å²) in [5.41, 5.74) is 1.18. The van der Waals surface area contributed by atoms with Gasteiger partial charge in [0, 0.05) is 18.7 Å². The third kappa shape index (κ3) is 3.52. The molecule has 1 aromatic rings. The standard InChI is InChI=1S/C11H19NO2/c1-3-4-6-13-9-11-10(8-12-2)5-7-14-11/h5,7,12H,3-4,6,8-9H2,1-2H3. The fourth-order valence-corrected chi connectivity index (χ4v) is 1.25. The van der Waals surface area contributed by atoms with E-state index in [1.807, 2.05) is 13.1 Å². The van der Waals surface area contributed by atoms with E-state index in [4.69, 9.17) is 9.15 Å². The van der Waals surface area contributed by atoms with Crippen molar-refractivity contribution < 1.29 is 9.15 Å².